The molecule has 0 bridgehead atoms. The van der Waals surface area contributed by atoms with Crippen molar-refractivity contribution in [3.63, 3.8) is 0 Å². The zero-order chi connectivity index (χ0) is 16.2. The molecule has 0 aromatic heterocycles. The minimum Gasteiger partial charge on any atom is -0.364 e. The maximum absolute atomic E-state index is 12.5. The maximum atomic E-state index is 12.5. The van der Waals surface area contributed by atoms with Gasteiger partial charge in [-0.15, -0.1) is 0 Å². The molecule has 2 N–H and O–H groups in total. The van der Waals surface area contributed by atoms with Gasteiger partial charge in [0.2, 0.25) is 0 Å². The summed E-state index contributed by atoms with van der Waals surface area (Å²) in [5.74, 6) is 0.0705. The van der Waals surface area contributed by atoms with Gasteiger partial charge in [-0.05, 0) is 35.6 Å². The van der Waals surface area contributed by atoms with Gasteiger partial charge in [-0.25, -0.2) is 0 Å². The predicted molar refractivity (Wildman–Crippen MR) is 92.2 cm³/mol. The van der Waals surface area contributed by atoms with Gasteiger partial charge in [-0.3, -0.25) is 4.79 Å². The Morgan fingerprint density at radius 3 is 2.78 bits per heavy atom. The smallest absolute Gasteiger partial charge is 0.251 e. The fourth-order valence-corrected chi connectivity index (χ4v) is 3.22. The number of carbonyl (C=O) groups excluding carboxylic acids is 1. The Morgan fingerprint density at radius 1 is 1.22 bits per heavy atom. The molecular weight excluding hydrogens is 288 g/mol. The van der Waals surface area contributed by atoms with Gasteiger partial charge < -0.3 is 15.4 Å². The fourth-order valence-electron chi connectivity index (χ4n) is 3.22. The molecule has 2 atom stereocenters. The molecule has 4 heteroatoms. The highest BCUT2D eigenvalue weighted by Crippen LogP contribution is 2.22. The number of likely N-dealkylation sites (N-methyl/N-ethyl adjacent to an activating group) is 1. The molecule has 1 fully saturated rings. The summed E-state index contributed by atoms with van der Waals surface area (Å²) in [6, 6.07) is 14.7. The van der Waals surface area contributed by atoms with Crippen molar-refractivity contribution in [1.82, 2.24) is 4.90 Å². The van der Waals surface area contributed by atoms with Crippen molar-refractivity contribution in [3.8, 4) is 0 Å². The van der Waals surface area contributed by atoms with Crippen LogP contribution < -0.4 is 5.73 Å². The van der Waals surface area contributed by atoms with Crippen molar-refractivity contribution < 1.29 is 9.53 Å². The Bertz CT molecular complexity index is 681. The molecule has 23 heavy (non-hydrogen) atoms. The summed E-state index contributed by atoms with van der Waals surface area (Å²) in [6.07, 6.45) is 2.22. The maximum Gasteiger partial charge on any atom is 0.251 e. The molecule has 1 heterocycles. The number of amides is 1. The summed E-state index contributed by atoms with van der Waals surface area (Å²) in [5.41, 5.74) is 6.88. The standard InChI is InChI=1S/C19H24N2O2/c1-21(19(22)18-10-9-16(13-20)23-18)12-11-15-7-4-6-14-5-2-3-8-17(14)15/h2-8,16,18H,9-13,20H2,1H3/t16-,18+/m1/s1. The van der Waals surface area contributed by atoms with Crippen molar-refractivity contribution in [2.24, 2.45) is 5.73 Å². The Kier molecular flexibility index (Phi) is 4.94. The molecule has 1 saturated heterocycles. The van der Waals surface area contributed by atoms with Crippen LogP contribution in [0, 0.1) is 0 Å². The summed E-state index contributed by atoms with van der Waals surface area (Å²) >= 11 is 0. The second kappa shape index (κ2) is 7.11. The molecule has 0 radical (unpaired) electrons. The number of benzene rings is 2. The lowest BCUT2D eigenvalue weighted by molar-refractivity contribution is -0.141. The summed E-state index contributed by atoms with van der Waals surface area (Å²) < 4.78 is 5.70. The van der Waals surface area contributed by atoms with E-state index >= 15 is 0 Å². The molecule has 2 aromatic carbocycles. The second-order valence-electron chi connectivity index (χ2n) is 6.21. The van der Waals surface area contributed by atoms with Gasteiger partial charge in [-0.1, -0.05) is 42.5 Å². The predicted octanol–water partition coefficient (Wildman–Crippen LogP) is 2.35. The van der Waals surface area contributed by atoms with Crippen LogP contribution in [0.2, 0.25) is 0 Å². The van der Waals surface area contributed by atoms with Crippen LogP contribution in [-0.2, 0) is 16.0 Å². The summed E-state index contributed by atoms with van der Waals surface area (Å²) in [4.78, 5) is 14.2. The average molecular weight is 312 g/mol. The van der Waals surface area contributed by atoms with E-state index in [1.54, 1.807) is 4.90 Å². The molecule has 3 rings (SSSR count). The molecule has 1 aliphatic heterocycles. The van der Waals surface area contributed by atoms with Gasteiger partial charge in [0.25, 0.3) is 5.91 Å². The van der Waals surface area contributed by atoms with Gasteiger partial charge in [0.1, 0.15) is 6.10 Å². The van der Waals surface area contributed by atoms with Gasteiger partial charge in [0.05, 0.1) is 6.10 Å². The molecule has 2 aromatic rings. The van der Waals surface area contributed by atoms with E-state index in [-0.39, 0.29) is 18.1 Å². The Labute approximate surface area is 137 Å². The van der Waals surface area contributed by atoms with Gasteiger partial charge in [0, 0.05) is 20.1 Å². The van der Waals surface area contributed by atoms with E-state index in [1.807, 2.05) is 13.1 Å². The second-order valence-corrected chi connectivity index (χ2v) is 6.21. The van der Waals surface area contributed by atoms with E-state index in [2.05, 4.69) is 36.4 Å². The molecule has 0 aliphatic carbocycles. The van der Waals surface area contributed by atoms with Gasteiger partial charge in [-0.2, -0.15) is 0 Å². The van der Waals surface area contributed by atoms with Crippen molar-refractivity contribution in [2.45, 2.75) is 31.5 Å². The topological polar surface area (TPSA) is 55.6 Å². The molecule has 0 spiro atoms. The largest absolute Gasteiger partial charge is 0.364 e. The quantitative estimate of drug-likeness (QED) is 0.922. The number of hydrogen-bond acceptors (Lipinski definition) is 3. The first-order valence-electron chi connectivity index (χ1n) is 8.26. The van der Waals surface area contributed by atoms with E-state index in [0.29, 0.717) is 13.1 Å². The summed E-state index contributed by atoms with van der Waals surface area (Å²) in [6.45, 7) is 1.18. The molecular formula is C19H24N2O2. The van der Waals surface area contributed by atoms with Crippen LogP contribution >= 0.6 is 0 Å². The van der Waals surface area contributed by atoms with Crippen LogP contribution in [0.25, 0.3) is 10.8 Å². The number of nitrogens with two attached hydrogens (primary N) is 1. The Balaban J connectivity index is 1.62. The number of carbonyl (C=O) groups is 1. The number of rotatable bonds is 5. The number of fused-ring (bicyclic) bond motifs is 1. The molecule has 122 valence electrons. The zero-order valence-corrected chi connectivity index (χ0v) is 13.6. The van der Waals surface area contributed by atoms with E-state index in [4.69, 9.17) is 10.5 Å². The Hall–Kier alpha value is -1.91. The van der Waals surface area contributed by atoms with Gasteiger partial charge in [0.15, 0.2) is 0 Å². The van der Waals surface area contributed by atoms with Gasteiger partial charge >= 0.3 is 0 Å². The van der Waals surface area contributed by atoms with Crippen LogP contribution in [0.4, 0.5) is 0 Å². The van der Waals surface area contributed by atoms with Crippen molar-refractivity contribution in [3.05, 3.63) is 48.0 Å². The van der Waals surface area contributed by atoms with Crippen LogP contribution in [-0.4, -0.2) is 43.2 Å². The third-order valence-electron chi connectivity index (χ3n) is 4.62. The lowest BCUT2D eigenvalue weighted by Crippen LogP contribution is -2.38. The molecule has 0 unspecified atom stereocenters. The van der Waals surface area contributed by atoms with E-state index in [1.165, 1.54) is 16.3 Å². The number of ether oxygens (including phenoxy) is 1. The highest BCUT2D eigenvalue weighted by atomic mass is 16.5. The highest BCUT2D eigenvalue weighted by molar-refractivity contribution is 5.86. The van der Waals surface area contributed by atoms with E-state index in [9.17, 15) is 4.79 Å². The third kappa shape index (κ3) is 3.54. The molecule has 4 nitrogen and oxygen atoms in total. The summed E-state index contributed by atoms with van der Waals surface area (Å²) in [5, 5.41) is 2.50. The van der Waals surface area contributed by atoms with Crippen LogP contribution in [0.1, 0.15) is 18.4 Å². The monoisotopic (exact) mass is 312 g/mol. The zero-order valence-electron chi connectivity index (χ0n) is 13.6. The first kappa shape index (κ1) is 16.0. The lowest BCUT2D eigenvalue weighted by atomic mass is 10.0. The van der Waals surface area contributed by atoms with E-state index in [0.717, 1.165) is 19.3 Å². The Morgan fingerprint density at radius 2 is 2.00 bits per heavy atom. The lowest BCUT2D eigenvalue weighted by Gasteiger charge is -2.21. The highest BCUT2D eigenvalue weighted by Gasteiger charge is 2.31. The molecule has 1 aliphatic rings. The fraction of sp³-hybridized carbons (Fsp3) is 0.421. The SMILES string of the molecule is CN(CCc1cccc2ccccc12)C(=O)[C@@H]1CC[C@H](CN)O1. The first-order chi connectivity index (χ1) is 11.2. The average Bonchev–Trinajstić information content (AvgIpc) is 3.08. The van der Waals surface area contributed by atoms with Crippen molar-refractivity contribution >= 4 is 16.7 Å². The van der Waals surface area contributed by atoms with Crippen molar-refractivity contribution in [1.29, 1.82) is 0 Å². The van der Waals surface area contributed by atoms with Crippen molar-refractivity contribution in [2.75, 3.05) is 20.1 Å². The van der Waals surface area contributed by atoms with Crippen LogP contribution in [0.5, 0.6) is 0 Å². The molecule has 1 amide bonds. The summed E-state index contributed by atoms with van der Waals surface area (Å²) in [7, 11) is 1.85. The van der Waals surface area contributed by atoms with E-state index < -0.39 is 0 Å². The first-order valence-corrected chi connectivity index (χ1v) is 8.26. The van der Waals surface area contributed by atoms with Crippen LogP contribution in [0.15, 0.2) is 42.5 Å². The minimum absolute atomic E-state index is 0.0374. The third-order valence-corrected chi connectivity index (χ3v) is 4.62. The number of hydrogen-bond donors (Lipinski definition) is 1. The minimum atomic E-state index is -0.318. The number of nitrogens with zero attached hydrogens (tertiary/aromatic N) is 1. The van der Waals surface area contributed by atoms with Crippen LogP contribution in [0.3, 0.4) is 0 Å². The normalized spacial score (nSPS) is 20.8. The molecule has 0 saturated carbocycles.